The summed E-state index contributed by atoms with van der Waals surface area (Å²) in [4.78, 5) is 0. The van der Waals surface area contributed by atoms with E-state index in [4.69, 9.17) is 5.84 Å². The molecular weight excluding hydrogens is 235 g/mol. The summed E-state index contributed by atoms with van der Waals surface area (Å²) >= 11 is 1.88. The van der Waals surface area contributed by atoms with Crippen LogP contribution in [0, 0.1) is 12.7 Å². The van der Waals surface area contributed by atoms with Crippen molar-refractivity contribution in [3.05, 3.63) is 35.1 Å². The number of hydrazine groups is 1. The highest BCUT2D eigenvalue weighted by Gasteiger charge is 2.10. The van der Waals surface area contributed by atoms with Crippen LogP contribution >= 0.6 is 11.8 Å². The van der Waals surface area contributed by atoms with Crippen molar-refractivity contribution < 1.29 is 4.39 Å². The Balaban J connectivity index is 2.57. The van der Waals surface area contributed by atoms with Crippen molar-refractivity contribution in [2.75, 3.05) is 11.5 Å². The summed E-state index contributed by atoms with van der Waals surface area (Å²) in [6, 6.07) is 5.11. The van der Waals surface area contributed by atoms with Crippen LogP contribution in [0.4, 0.5) is 4.39 Å². The van der Waals surface area contributed by atoms with Crippen molar-refractivity contribution in [3.8, 4) is 0 Å². The molecule has 17 heavy (non-hydrogen) atoms. The van der Waals surface area contributed by atoms with Gasteiger partial charge in [0.05, 0.1) is 0 Å². The highest BCUT2D eigenvalue weighted by atomic mass is 32.2. The van der Waals surface area contributed by atoms with Crippen LogP contribution in [-0.2, 0) is 6.42 Å². The van der Waals surface area contributed by atoms with E-state index in [9.17, 15) is 4.39 Å². The molecule has 1 atom stereocenters. The second-order valence-electron chi connectivity index (χ2n) is 4.21. The summed E-state index contributed by atoms with van der Waals surface area (Å²) in [6.45, 7) is 4.16. The Morgan fingerprint density at radius 2 is 2.24 bits per heavy atom. The van der Waals surface area contributed by atoms with Crippen LogP contribution in [0.3, 0.4) is 0 Å². The number of thioether (sulfide) groups is 1. The van der Waals surface area contributed by atoms with Crippen LogP contribution in [0.2, 0.25) is 0 Å². The molecule has 0 aliphatic carbocycles. The molecule has 0 radical (unpaired) electrons. The smallest absolute Gasteiger partial charge is 0.123 e. The fourth-order valence-electron chi connectivity index (χ4n) is 1.66. The highest BCUT2D eigenvalue weighted by molar-refractivity contribution is 7.99. The van der Waals surface area contributed by atoms with Gasteiger partial charge in [0.15, 0.2) is 0 Å². The van der Waals surface area contributed by atoms with Gasteiger partial charge in [0, 0.05) is 11.8 Å². The molecule has 3 N–H and O–H groups in total. The van der Waals surface area contributed by atoms with Crippen LogP contribution in [0.15, 0.2) is 18.2 Å². The lowest BCUT2D eigenvalue weighted by Gasteiger charge is -2.16. The first-order chi connectivity index (χ1) is 8.17. The van der Waals surface area contributed by atoms with E-state index in [1.54, 1.807) is 6.07 Å². The SMILES string of the molecule is CCCSCC(Cc1cc(F)ccc1C)NN. The van der Waals surface area contributed by atoms with Crippen molar-refractivity contribution >= 4 is 11.8 Å². The van der Waals surface area contributed by atoms with Gasteiger partial charge in [-0.25, -0.2) is 4.39 Å². The Morgan fingerprint density at radius 3 is 2.88 bits per heavy atom. The predicted molar refractivity (Wildman–Crippen MR) is 73.6 cm³/mol. The minimum atomic E-state index is -0.178. The van der Waals surface area contributed by atoms with Crippen LogP contribution in [0.25, 0.3) is 0 Å². The molecule has 0 saturated heterocycles. The molecule has 1 rings (SSSR count). The maximum Gasteiger partial charge on any atom is 0.123 e. The number of benzene rings is 1. The molecule has 0 aliphatic heterocycles. The van der Waals surface area contributed by atoms with Crippen LogP contribution in [0.5, 0.6) is 0 Å². The predicted octanol–water partition coefficient (Wildman–Crippen LogP) is 2.65. The van der Waals surface area contributed by atoms with E-state index in [-0.39, 0.29) is 11.9 Å². The Kier molecular flexibility index (Phi) is 6.55. The zero-order chi connectivity index (χ0) is 12.7. The number of hydrogen-bond acceptors (Lipinski definition) is 3. The van der Waals surface area contributed by atoms with Gasteiger partial charge >= 0.3 is 0 Å². The third-order valence-corrected chi connectivity index (χ3v) is 4.02. The molecule has 1 aromatic carbocycles. The minimum Gasteiger partial charge on any atom is -0.271 e. The van der Waals surface area contributed by atoms with Crippen molar-refractivity contribution in [1.82, 2.24) is 5.43 Å². The summed E-state index contributed by atoms with van der Waals surface area (Å²) in [6.07, 6.45) is 1.94. The Labute approximate surface area is 107 Å². The molecule has 1 aromatic rings. The van der Waals surface area contributed by atoms with E-state index in [0.29, 0.717) is 0 Å². The monoisotopic (exact) mass is 256 g/mol. The first-order valence-corrected chi connectivity index (χ1v) is 7.11. The largest absolute Gasteiger partial charge is 0.271 e. The number of rotatable bonds is 7. The first-order valence-electron chi connectivity index (χ1n) is 5.96. The molecule has 0 saturated carbocycles. The minimum absolute atomic E-state index is 0.178. The highest BCUT2D eigenvalue weighted by Crippen LogP contribution is 2.14. The van der Waals surface area contributed by atoms with Crippen molar-refractivity contribution in [3.63, 3.8) is 0 Å². The topological polar surface area (TPSA) is 38.0 Å². The zero-order valence-corrected chi connectivity index (χ0v) is 11.3. The molecule has 0 heterocycles. The summed E-state index contributed by atoms with van der Waals surface area (Å²) in [5.74, 6) is 7.45. The van der Waals surface area contributed by atoms with Gasteiger partial charge < -0.3 is 0 Å². The molecule has 0 fully saturated rings. The molecule has 0 bridgehead atoms. The Morgan fingerprint density at radius 1 is 1.47 bits per heavy atom. The second-order valence-corrected chi connectivity index (χ2v) is 5.36. The zero-order valence-electron chi connectivity index (χ0n) is 10.5. The molecule has 0 amide bonds. The number of nitrogens with one attached hydrogen (secondary N) is 1. The van der Waals surface area contributed by atoms with Crippen LogP contribution in [-0.4, -0.2) is 17.5 Å². The maximum absolute atomic E-state index is 13.2. The van der Waals surface area contributed by atoms with Gasteiger partial charge in [-0.1, -0.05) is 13.0 Å². The average Bonchev–Trinajstić information content (AvgIpc) is 2.32. The average molecular weight is 256 g/mol. The van der Waals surface area contributed by atoms with Gasteiger partial charge in [-0.2, -0.15) is 11.8 Å². The van der Waals surface area contributed by atoms with E-state index >= 15 is 0 Å². The number of nitrogens with two attached hydrogens (primary N) is 1. The Hall–Kier alpha value is -0.580. The van der Waals surface area contributed by atoms with Crippen LogP contribution in [0.1, 0.15) is 24.5 Å². The van der Waals surface area contributed by atoms with Gasteiger partial charge in [0.25, 0.3) is 0 Å². The third kappa shape index (κ3) is 5.06. The maximum atomic E-state index is 13.2. The standard InChI is InChI=1S/C13H21FN2S/c1-3-6-17-9-13(16-15)8-11-7-12(14)5-4-10(11)2/h4-5,7,13,16H,3,6,8-9,15H2,1-2H3. The van der Waals surface area contributed by atoms with Gasteiger partial charge in [-0.3, -0.25) is 11.3 Å². The molecule has 4 heteroatoms. The lowest BCUT2D eigenvalue weighted by molar-refractivity contribution is 0.569. The molecule has 2 nitrogen and oxygen atoms in total. The molecule has 0 aromatic heterocycles. The third-order valence-electron chi connectivity index (χ3n) is 2.68. The van der Waals surface area contributed by atoms with Gasteiger partial charge in [-0.05, 0) is 48.8 Å². The molecular formula is C13H21FN2S. The van der Waals surface area contributed by atoms with E-state index in [1.807, 2.05) is 24.8 Å². The lowest BCUT2D eigenvalue weighted by Crippen LogP contribution is -2.39. The van der Waals surface area contributed by atoms with Crippen molar-refractivity contribution in [2.45, 2.75) is 32.7 Å². The molecule has 0 spiro atoms. The summed E-state index contributed by atoms with van der Waals surface area (Å²) in [5, 5.41) is 0. The number of aryl methyl sites for hydroxylation is 1. The first kappa shape index (κ1) is 14.5. The lowest BCUT2D eigenvalue weighted by atomic mass is 10.0. The van der Waals surface area contributed by atoms with Gasteiger partial charge in [-0.15, -0.1) is 0 Å². The number of hydrogen-bond donors (Lipinski definition) is 2. The molecule has 0 aliphatic rings. The normalized spacial score (nSPS) is 12.7. The summed E-state index contributed by atoms with van der Waals surface area (Å²) in [5.41, 5.74) is 4.96. The molecule has 1 unspecified atom stereocenters. The van der Waals surface area contributed by atoms with Crippen LogP contribution < -0.4 is 11.3 Å². The van der Waals surface area contributed by atoms with Crippen molar-refractivity contribution in [1.29, 1.82) is 0 Å². The van der Waals surface area contributed by atoms with E-state index in [0.717, 1.165) is 29.1 Å². The van der Waals surface area contributed by atoms with Gasteiger partial charge in [0.2, 0.25) is 0 Å². The van der Waals surface area contributed by atoms with Crippen molar-refractivity contribution in [2.24, 2.45) is 5.84 Å². The quantitative estimate of drug-likeness (QED) is 0.447. The number of halogens is 1. The fraction of sp³-hybridized carbons (Fsp3) is 0.538. The second kappa shape index (κ2) is 7.69. The van der Waals surface area contributed by atoms with Gasteiger partial charge in [0.1, 0.15) is 5.82 Å². The van der Waals surface area contributed by atoms with E-state index < -0.39 is 0 Å². The fourth-order valence-corrected chi connectivity index (χ4v) is 2.62. The molecule has 96 valence electrons. The van der Waals surface area contributed by atoms with E-state index in [1.165, 1.54) is 12.5 Å². The Bertz CT molecular complexity index is 344. The summed E-state index contributed by atoms with van der Waals surface area (Å²) in [7, 11) is 0. The summed E-state index contributed by atoms with van der Waals surface area (Å²) < 4.78 is 13.2. The van der Waals surface area contributed by atoms with E-state index in [2.05, 4.69) is 12.3 Å².